The monoisotopic (exact) mass is 187 g/mol. The average molecular weight is 187 g/mol. The van der Waals surface area contributed by atoms with Crippen molar-refractivity contribution in [3.63, 3.8) is 0 Å². The lowest BCUT2D eigenvalue weighted by atomic mass is 10.5. The first-order valence-electron chi connectivity index (χ1n) is 3.31. The van der Waals surface area contributed by atoms with Crippen molar-refractivity contribution in [1.82, 2.24) is 0 Å². The molecule has 13 heavy (non-hydrogen) atoms. The van der Waals surface area contributed by atoms with Crippen LogP contribution < -0.4 is 26.2 Å². The van der Waals surface area contributed by atoms with Crippen LogP contribution in [0.1, 0.15) is 0 Å². The summed E-state index contributed by atoms with van der Waals surface area (Å²) < 4.78 is 0.106. The van der Waals surface area contributed by atoms with Crippen LogP contribution in [0.25, 0.3) is 0 Å². The quantitative estimate of drug-likeness (QED) is 0.292. The van der Waals surface area contributed by atoms with Crippen LogP contribution in [0, 0.1) is 10.4 Å². The third-order valence-electron chi connectivity index (χ3n) is 1.54. The molecule has 0 saturated heterocycles. The number of aromatic hydroxyl groups is 1. The van der Waals surface area contributed by atoms with E-state index in [2.05, 4.69) is 5.32 Å². The standard InChI is InChI=1S/C5H9N5O3/c1-8-4-2(6)9(12)3(7)5(11)10(4)13/h8,11H,6-7H2,1H3. The maximum Gasteiger partial charge on any atom is 0.360 e. The molecule has 0 aliphatic rings. The molecule has 8 heteroatoms. The van der Waals surface area contributed by atoms with Crippen LogP contribution in [-0.2, 0) is 0 Å². The molecule has 0 amide bonds. The van der Waals surface area contributed by atoms with Gasteiger partial charge in [-0.05, 0) is 0 Å². The largest absolute Gasteiger partial charge is 0.740 e. The summed E-state index contributed by atoms with van der Waals surface area (Å²) in [7, 11) is 1.38. The van der Waals surface area contributed by atoms with Crippen molar-refractivity contribution in [3.8, 4) is 5.88 Å². The Balaban J connectivity index is 3.56. The number of hydrogen-bond acceptors (Lipinski definition) is 6. The maximum atomic E-state index is 11.1. The third-order valence-corrected chi connectivity index (χ3v) is 1.54. The molecule has 0 aliphatic heterocycles. The van der Waals surface area contributed by atoms with Crippen molar-refractivity contribution in [2.75, 3.05) is 23.8 Å². The molecular formula is C5H9N5O3. The van der Waals surface area contributed by atoms with E-state index in [0.29, 0.717) is 0 Å². The molecule has 72 valence electrons. The van der Waals surface area contributed by atoms with Gasteiger partial charge in [0.2, 0.25) is 0 Å². The fraction of sp³-hybridized carbons (Fsp3) is 0.200. The number of anilines is 3. The number of hydrogen-bond donors (Lipinski definition) is 4. The molecule has 0 bridgehead atoms. The van der Waals surface area contributed by atoms with Crippen LogP contribution in [0.2, 0.25) is 0 Å². The van der Waals surface area contributed by atoms with E-state index in [1.807, 2.05) is 0 Å². The van der Waals surface area contributed by atoms with Crippen LogP contribution in [0.5, 0.6) is 5.88 Å². The van der Waals surface area contributed by atoms with E-state index in [4.69, 9.17) is 16.6 Å². The lowest BCUT2D eigenvalue weighted by Gasteiger charge is -2.15. The van der Waals surface area contributed by atoms with Crippen LogP contribution in [0.3, 0.4) is 0 Å². The number of aromatic nitrogens is 2. The van der Waals surface area contributed by atoms with Crippen LogP contribution in [0.4, 0.5) is 17.5 Å². The molecule has 0 radical (unpaired) electrons. The second-order valence-electron chi connectivity index (χ2n) is 2.28. The minimum atomic E-state index is -0.881. The first-order chi connectivity index (χ1) is 6.00. The number of nitrogens with one attached hydrogen (secondary N) is 1. The van der Waals surface area contributed by atoms with E-state index in [1.165, 1.54) is 7.05 Å². The molecule has 1 heterocycles. The topological polar surface area (TPSA) is 138 Å². The number of nitrogen functional groups attached to an aromatic ring is 2. The Morgan fingerprint density at radius 2 is 1.77 bits per heavy atom. The minimum absolute atomic E-state index is 0.0407. The van der Waals surface area contributed by atoms with Crippen molar-refractivity contribution < 1.29 is 14.6 Å². The highest BCUT2D eigenvalue weighted by atomic mass is 16.5. The molecule has 1 rings (SSSR count). The maximum absolute atomic E-state index is 11.1. The van der Waals surface area contributed by atoms with Crippen molar-refractivity contribution in [1.29, 1.82) is 0 Å². The van der Waals surface area contributed by atoms with E-state index in [9.17, 15) is 10.4 Å². The first-order valence-corrected chi connectivity index (χ1v) is 3.31. The molecular weight excluding hydrogens is 178 g/mol. The van der Waals surface area contributed by atoms with Gasteiger partial charge >= 0.3 is 23.3 Å². The zero-order valence-electron chi connectivity index (χ0n) is 6.81. The molecule has 0 unspecified atom stereocenters. The summed E-state index contributed by atoms with van der Waals surface area (Å²) >= 11 is 0. The number of nitrogens with zero attached hydrogens (tertiary/aromatic N) is 2. The SMILES string of the molecule is CNc1c(N)[n+]([O-])c(N)c(O)[n+]1[O-]. The van der Waals surface area contributed by atoms with Crippen LogP contribution in [0.15, 0.2) is 0 Å². The summed E-state index contributed by atoms with van der Waals surface area (Å²) in [6, 6.07) is 0. The van der Waals surface area contributed by atoms with Gasteiger partial charge in [0, 0.05) is 0 Å². The molecule has 0 fully saturated rings. The molecule has 0 atom stereocenters. The summed E-state index contributed by atoms with van der Waals surface area (Å²) in [5, 5.41) is 33.5. The van der Waals surface area contributed by atoms with Crippen LogP contribution in [-0.4, -0.2) is 12.2 Å². The van der Waals surface area contributed by atoms with Gasteiger partial charge in [0.05, 0.1) is 7.05 Å². The van der Waals surface area contributed by atoms with Gasteiger partial charge in [0.15, 0.2) is 0 Å². The lowest BCUT2D eigenvalue weighted by Crippen LogP contribution is -2.44. The van der Waals surface area contributed by atoms with Gasteiger partial charge in [-0.2, -0.15) is 4.73 Å². The highest BCUT2D eigenvalue weighted by molar-refractivity contribution is 5.51. The van der Waals surface area contributed by atoms with Crippen molar-refractivity contribution in [2.45, 2.75) is 0 Å². The van der Waals surface area contributed by atoms with E-state index in [1.54, 1.807) is 0 Å². The van der Waals surface area contributed by atoms with Gasteiger partial charge in [-0.15, -0.1) is 0 Å². The molecule has 1 aromatic rings. The summed E-state index contributed by atoms with van der Waals surface area (Å²) in [6.07, 6.45) is 0. The van der Waals surface area contributed by atoms with Gasteiger partial charge in [-0.3, -0.25) is 5.32 Å². The third kappa shape index (κ3) is 1.08. The molecule has 0 aromatic carbocycles. The average Bonchev–Trinajstić information content (AvgIpc) is 2.13. The second-order valence-corrected chi connectivity index (χ2v) is 2.28. The van der Waals surface area contributed by atoms with Gasteiger partial charge in [0.25, 0.3) is 0 Å². The van der Waals surface area contributed by atoms with E-state index >= 15 is 0 Å². The fourth-order valence-electron chi connectivity index (χ4n) is 0.860. The Kier molecular flexibility index (Phi) is 1.89. The summed E-state index contributed by atoms with van der Waals surface area (Å²) in [5.74, 6) is -2.16. The van der Waals surface area contributed by atoms with Crippen molar-refractivity contribution >= 4 is 17.5 Å². The molecule has 0 spiro atoms. The number of rotatable bonds is 1. The van der Waals surface area contributed by atoms with Gasteiger partial charge in [0.1, 0.15) is 0 Å². The summed E-state index contributed by atoms with van der Waals surface area (Å²) in [6.45, 7) is 0. The molecule has 8 nitrogen and oxygen atoms in total. The summed E-state index contributed by atoms with van der Waals surface area (Å²) in [5.41, 5.74) is 10.3. The molecule has 6 N–H and O–H groups in total. The predicted molar refractivity (Wildman–Crippen MR) is 44.4 cm³/mol. The fourth-order valence-corrected chi connectivity index (χ4v) is 0.860. The second kappa shape index (κ2) is 2.73. The van der Waals surface area contributed by atoms with E-state index < -0.39 is 17.5 Å². The van der Waals surface area contributed by atoms with Crippen LogP contribution >= 0.6 is 0 Å². The van der Waals surface area contributed by atoms with Gasteiger partial charge in [-0.25, -0.2) is 4.73 Å². The van der Waals surface area contributed by atoms with E-state index in [0.717, 1.165) is 0 Å². The zero-order valence-corrected chi connectivity index (χ0v) is 6.81. The lowest BCUT2D eigenvalue weighted by molar-refractivity contribution is -0.639. The molecule has 0 aliphatic carbocycles. The summed E-state index contributed by atoms with van der Waals surface area (Å²) in [4.78, 5) is 0. The normalized spacial score (nSPS) is 9.92. The van der Waals surface area contributed by atoms with Gasteiger partial charge in [-0.1, -0.05) is 0 Å². The Bertz CT molecular complexity index is 324. The highest BCUT2D eigenvalue weighted by Crippen LogP contribution is 2.16. The van der Waals surface area contributed by atoms with Crippen molar-refractivity contribution in [2.24, 2.45) is 0 Å². The highest BCUT2D eigenvalue weighted by Gasteiger charge is 2.22. The minimum Gasteiger partial charge on any atom is -0.740 e. The number of nitrogens with two attached hydrogens (primary N) is 2. The van der Waals surface area contributed by atoms with Gasteiger partial charge < -0.3 is 27.0 Å². The molecule has 0 saturated carbocycles. The predicted octanol–water partition coefficient (Wildman–Crippen LogP) is -2.13. The Morgan fingerprint density at radius 3 is 2.23 bits per heavy atom. The Hall–Kier alpha value is -2.12. The Morgan fingerprint density at radius 1 is 1.23 bits per heavy atom. The Labute approximate surface area is 73.2 Å². The zero-order chi connectivity index (χ0) is 10.2. The molecule has 1 aromatic heterocycles. The van der Waals surface area contributed by atoms with E-state index in [-0.39, 0.29) is 15.3 Å². The smallest absolute Gasteiger partial charge is 0.360 e. The van der Waals surface area contributed by atoms with Crippen molar-refractivity contribution in [3.05, 3.63) is 10.4 Å². The first kappa shape index (κ1) is 8.97.